The maximum atomic E-state index is 11.4. The van der Waals surface area contributed by atoms with E-state index in [0.717, 1.165) is 10.0 Å². The Balaban J connectivity index is 3.06. The Hall–Kier alpha value is -2.97. The standard InChI is InChI=1S/C15H21N5O4/c1-10(17-19(3)14(21)23-5)12-8-7-9-13(16-12)11(2)18-20(4)15(22)24-6/h7-9H,1-6H3. The lowest BCUT2D eigenvalue weighted by molar-refractivity contribution is 0.134. The largest absolute Gasteiger partial charge is 0.451 e. The average molecular weight is 335 g/mol. The zero-order chi connectivity index (χ0) is 18.3. The third-order valence-electron chi connectivity index (χ3n) is 2.97. The van der Waals surface area contributed by atoms with E-state index in [2.05, 4.69) is 24.7 Å². The molecule has 1 aromatic rings. The van der Waals surface area contributed by atoms with E-state index in [1.807, 2.05) is 0 Å². The molecule has 0 spiro atoms. The highest BCUT2D eigenvalue weighted by molar-refractivity contribution is 6.01. The Kier molecular flexibility index (Phi) is 6.84. The minimum absolute atomic E-state index is 0.527. The highest BCUT2D eigenvalue weighted by Gasteiger charge is 2.11. The molecule has 0 atom stereocenters. The summed E-state index contributed by atoms with van der Waals surface area (Å²) in [6, 6.07) is 5.29. The fraction of sp³-hybridized carbons (Fsp3) is 0.400. The number of carbonyl (C=O) groups excluding carboxylic acids is 2. The van der Waals surface area contributed by atoms with Crippen molar-refractivity contribution in [1.29, 1.82) is 0 Å². The lowest BCUT2D eigenvalue weighted by Crippen LogP contribution is -2.23. The van der Waals surface area contributed by atoms with Crippen LogP contribution in [0.5, 0.6) is 0 Å². The molecule has 0 aliphatic rings. The quantitative estimate of drug-likeness (QED) is 0.618. The van der Waals surface area contributed by atoms with Crippen molar-refractivity contribution < 1.29 is 19.1 Å². The lowest BCUT2D eigenvalue weighted by Gasteiger charge is -2.12. The van der Waals surface area contributed by atoms with Crippen LogP contribution in [0.15, 0.2) is 28.4 Å². The average Bonchev–Trinajstić information content (AvgIpc) is 2.59. The number of amides is 2. The van der Waals surface area contributed by atoms with Crippen LogP contribution in [0.4, 0.5) is 9.59 Å². The van der Waals surface area contributed by atoms with Gasteiger partial charge in [0.15, 0.2) is 0 Å². The molecular formula is C15H21N5O4. The van der Waals surface area contributed by atoms with E-state index in [4.69, 9.17) is 0 Å². The van der Waals surface area contributed by atoms with Crippen LogP contribution in [0, 0.1) is 0 Å². The molecular weight excluding hydrogens is 314 g/mol. The van der Waals surface area contributed by atoms with Crippen molar-refractivity contribution >= 4 is 23.6 Å². The number of hydrogen-bond donors (Lipinski definition) is 0. The summed E-state index contributed by atoms with van der Waals surface area (Å²) >= 11 is 0. The number of hydrogen-bond acceptors (Lipinski definition) is 7. The van der Waals surface area contributed by atoms with Gasteiger partial charge < -0.3 is 9.47 Å². The van der Waals surface area contributed by atoms with Crippen molar-refractivity contribution in [1.82, 2.24) is 15.0 Å². The molecule has 0 saturated carbocycles. The van der Waals surface area contributed by atoms with Crippen LogP contribution >= 0.6 is 0 Å². The highest BCUT2D eigenvalue weighted by Crippen LogP contribution is 2.05. The van der Waals surface area contributed by atoms with Crippen LogP contribution in [0.2, 0.25) is 0 Å². The second-order valence-electron chi connectivity index (χ2n) is 4.77. The first-order valence-electron chi connectivity index (χ1n) is 7.01. The number of methoxy groups -OCH3 is 2. The monoisotopic (exact) mass is 335 g/mol. The molecule has 1 heterocycles. The van der Waals surface area contributed by atoms with Gasteiger partial charge in [-0.15, -0.1) is 0 Å². The molecule has 130 valence electrons. The van der Waals surface area contributed by atoms with Gasteiger partial charge in [-0.3, -0.25) is 0 Å². The lowest BCUT2D eigenvalue weighted by atomic mass is 10.2. The number of carbonyl (C=O) groups is 2. The first kappa shape index (κ1) is 19.1. The SMILES string of the molecule is COC(=O)N(C)N=C(C)c1cccc(C(C)=NN(C)C(=O)OC)n1. The summed E-state index contributed by atoms with van der Waals surface area (Å²) in [7, 11) is 5.52. The zero-order valence-corrected chi connectivity index (χ0v) is 14.6. The number of pyridine rings is 1. The Bertz CT molecular complexity index is 618. The van der Waals surface area contributed by atoms with E-state index < -0.39 is 12.2 Å². The molecule has 1 rings (SSSR count). The van der Waals surface area contributed by atoms with Crippen molar-refractivity contribution in [3.8, 4) is 0 Å². The molecule has 0 aliphatic carbocycles. The summed E-state index contributed by atoms with van der Waals surface area (Å²) in [5.74, 6) is 0. The first-order valence-corrected chi connectivity index (χ1v) is 7.01. The molecule has 1 aromatic heterocycles. The van der Waals surface area contributed by atoms with Crippen LogP contribution in [0.3, 0.4) is 0 Å². The number of ether oxygens (including phenoxy) is 2. The first-order chi connectivity index (χ1) is 11.3. The van der Waals surface area contributed by atoms with Crippen LogP contribution in [-0.2, 0) is 9.47 Å². The third kappa shape index (κ3) is 5.04. The third-order valence-corrected chi connectivity index (χ3v) is 2.97. The summed E-state index contributed by atoms with van der Waals surface area (Å²) < 4.78 is 9.16. The van der Waals surface area contributed by atoms with Crippen molar-refractivity contribution in [3.63, 3.8) is 0 Å². The van der Waals surface area contributed by atoms with Crippen LogP contribution < -0.4 is 0 Å². The smallest absolute Gasteiger partial charge is 0.429 e. The Morgan fingerprint density at radius 3 is 1.62 bits per heavy atom. The van der Waals surface area contributed by atoms with E-state index in [0.29, 0.717) is 22.8 Å². The molecule has 9 heteroatoms. The summed E-state index contributed by atoms with van der Waals surface area (Å²) in [5, 5.41) is 10.4. The maximum Gasteiger partial charge on any atom is 0.429 e. The van der Waals surface area contributed by atoms with Crippen molar-refractivity contribution in [2.45, 2.75) is 13.8 Å². The molecule has 0 radical (unpaired) electrons. The molecule has 24 heavy (non-hydrogen) atoms. The van der Waals surface area contributed by atoms with Crippen LogP contribution in [0.25, 0.3) is 0 Å². The number of nitrogens with zero attached hydrogens (tertiary/aromatic N) is 5. The van der Waals surface area contributed by atoms with E-state index in [-0.39, 0.29) is 0 Å². The van der Waals surface area contributed by atoms with Gasteiger partial charge in [0.25, 0.3) is 0 Å². The Labute approximate surface area is 140 Å². The van der Waals surface area contributed by atoms with Crippen LogP contribution in [0.1, 0.15) is 25.2 Å². The fourth-order valence-electron chi connectivity index (χ4n) is 1.74. The second kappa shape index (κ2) is 8.61. The van der Waals surface area contributed by atoms with Gasteiger partial charge >= 0.3 is 12.2 Å². The minimum atomic E-state index is -0.581. The molecule has 0 aromatic carbocycles. The van der Waals surface area contributed by atoms with Gasteiger partial charge in [0.2, 0.25) is 0 Å². The zero-order valence-electron chi connectivity index (χ0n) is 14.6. The molecule has 9 nitrogen and oxygen atoms in total. The molecule has 0 aliphatic heterocycles. The Morgan fingerprint density at radius 1 is 0.917 bits per heavy atom. The minimum Gasteiger partial charge on any atom is -0.451 e. The molecule has 0 bridgehead atoms. The summed E-state index contributed by atoms with van der Waals surface area (Å²) in [6.07, 6.45) is -1.16. The molecule has 0 N–H and O–H groups in total. The van der Waals surface area contributed by atoms with E-state index >= 15 is 0 Å². The van der Waals surface area contributed by atoms with Gasteiger partial charge in [0.1, 0.15) is 0 Å². The predicted octanol–water partition coefficient (Wildman–Crippen LogP) is 1.93. The van der Waals surface area contributed by atoms with Crippen molar-refractivity contribution in [2.75, 3.05) is 28.3 Å². The highest BCUT2D eigenvalue weighted by atomic mass is 16.5. The number of rotatable bonds is 4. The van der Waals surface area contributed by atoms with Gasteiger partial charge in [-0.05, 0) is 26.0 Å². The molecule has 0 unspecified atom stereocenters. The van der Waals surface area contributed by atoms with Crippen LogP contribution in [-0.4, -0.2) is 66.9 Å². The fourth-order valence-corrected chi connectivity index (χ4v) is 1.74. The van der Waals surface area contributed by atoms with Crippen molar-refractivity contribution in [2.24, 2.45) is 10.2 Å². The van der Waals surface area contributed by atoms with E-state index in [1.54, 1.807) is 32.0 Å². The van der Waals surface area contributed by atoms with E-state index in [1.165, 1.54) is 28.3 Å². The van der Waals surface area contributed by atoms with Gasteiger partial charge in [0.05, 0.1) is 37.0 Å². The number of aromatic nitrogens is 1. The molecule has 0 saturated heterocycles. The number of hydrazone groups is 2. The molecule has 2 amide bonds. The summed E-state index contributed by atoms with van der Waals surface area (Å²) in [4.78, 5) is 27.2. The maximum absolute atomic E-state index is 11.4. The van der Waals surface area contributed by atoms with Gasteiger partial charge in [0, 0.05) is 14.1 Å². The summed E-state index contributed by atoms with van der Waals surface area (Å²) in [6.45, 7) is 3.44. The molecule has 0 fully saturated rings. The van der Waals surface area contributed by atoms with E-state index in [9.17, 15) is 9.59 Å². The predicted molar refractivity (Wildman–Crippen MR) is 89.0 cm³/mol. The topological polar surface area (TPSA) is 96.7 Å². The van der Waals surface area contributed by atoms with Crippen molar-refractivity contribution in [3.05, 3.63) is 29.6 Å². The van der Waals surface area contributed by atoms with Gasteiger partial charge in [-0.25, -0.2) is 24.6 Å². The summed E-state index contributed by atoms with van der Waals surface area (Å²) in [5.41, 5.74) is 2.19. The Morgan fingerprint density at radius 2 is 1.29 bits per heavy atom. The van der Waals surface area contributed by atoms with Gasteiger partial charge in [-0.1, -0.05) is 6.07 Å². The second-order valence-corrected chi connectivity index (χ2v) is 4.77. The normalized spacial score (nSPS) is 11.8. The van der Waals surface area contributed by atoms with Gasteiger partial charge in [-0.2, -0.15) is 10.2 Å².